The van der Waals surface area contributed by atoms with Crippen molar-refractivity contribution in [1.29, 1.82) is 0 Å². The number of hydrogen-bond donors (Lipinski definition) is 0. The van der Waals surface area contributed by atoms with Gasteiger partial charge in [0.05, 0.1) is 20.1 Å². The second-order valence-electron chi connectivity index (χ2n) is 6.24. The van der Waals surface area contributed by atoms with Crippen LogP contribution in [-0.2, 0) is 20.9 Å². The number of carbonyl (C=O) groups excluding carboxylic acids is 2. The van der Waals surface area contributed by atoms with Crippen LogP contribution in [0.1, 0.15) is 25.8 Å². The average Bonchev–Trinajstić information content (AvgIpc) is 2.72. The van der Waals surface area contributed by atoms with Crippen LogP contribution in [0.4, 0.5) is 0 Å². The predicted octanol–water partition coefficient (Wildman–Crippen LogP) is 3.44. The molecular formula is C22H27NO5. The number of amides is 1. The summed E-state index contributed by atoms with van der Waals surface area (Å²) in [6.07, 6.45) is -0.555. The molecule has 0 saturated heterocycles. The number of benzene rings is 2. The average molecular weight is 385 g/mol. The zero-order valence-electron chi connectivity index (χ0n) is 16.6. The van der Waals surface area contributed by atoms with Gasteiger partial charge >= 0.3 is 5.97 Å². The maximum atomic E-state index is 13.0. The Labute approximate surface area is 166 Å². The van der Waals surface area contributed by atoms with E-state index in [0.29, 0.717) is 24.7 Å². The van der Waals surface area contributed by atoms with Crippen LogP contribution < -0.4 is 9.47 Å². The van der Waals surface area contributed by atoms with Crippen molar-refractivity contribution >= 4 is 11.9 Å². The van der Waals surface area contributed by atoms with Gasteiger partial charge < -0.3 is 19.1 Å². The molecule has 2 aromatic rings. The Morgan fingerprint density at radius 1 is 1.00 bits per heavy atom. The second kappa shape index (κ2) is 11.0. The number of methoxy groups -OCH3 is 1. The normalized spacial score (nSPS) is 11.4. The molecule has 28 heavy (non-hydrogen) atoms. The van der Waals surface area contributed by atoms with Crippen LogP contribution in [0.2, 0.25) is 0 Å². The molecule has 0 bridgehead atoms. The fourth-order valence-corrected chi connectivity index (χ4v) is 2.70. The highest BCUT2D eigenvalue weighted by molar-refractivity contribution is 5.81. The third-order valence-electron chi connectivity index (χ3n) is 4.14. The number of ether oxygens (including phenoxy) is 3. The van der Waals surface area contributed by atoms with Gasteiger partial charge in [-0.05, 0) is 43.7 Å². The Morgan fingerprint density at radius 3 is 2.25 bits per heavy atom. The molecule has 0 aliphatic rings. The summed E-state index contributed by atoms with van der Waals surface area (Å²) in [6.45, 7) is 4.45. The fraction of sp³-hybridized carbons (Fsp3) is 0.364. The van der Waals surface area contributed by atoms with Gasteiger partial charge in [0.2, 0.25) is 0 Å². The molecule has 6 nitrogen and oxygen atoms in total. The molecule has 2 aromatic carbocycles. The molecule has 0 radical (unpaired) electrons. The minimum absolute atomic E-state index is 0.141. The third-order valence-corrected chi connectivity index (χ3v) is 4.14. The van der Waals surface area contributed by atoms with Gasteiger partial charge in [0.1, 0.15) is 11.5 Å². The van der Waals surface area contributed by atoms with Gasteiger partial charge in [0.15, 0.2) is 6.10 Å². The lowest BCUT2D eigenvalue weighted by Crippen LogP contribution is -2.41. The van der Waals surface area contributed by atoms with Crippen LogP contribution in [0.3, 0.4) is 0 Å². The highest BCUT2D eigenvalue weighted by atomic mass is 16.5. The summed E-state index contributed by atoms with van der Waals surface area (Å²) in [7, 11) is 1.59. The molecule has 0 aliphatic carbocycles. The van der Waals surface area contributed by atoms with E-state index in [9.17, 15) is 9.59 Å². The molecule has 0 aliphatic heterocycles. The summed E-state index contributed by atoms with van der Waals surface area (Å²) in [6, 6.07) is 16.7. The first-order valence-corrected chi connectivity index (χ1v) is 9.32. The van der Waals surface area contributed by atoms with Crippen molar-refractivity contribution in [2.45, 2.75) is 32.9 Å². The second-order valence-corrected chi connectivity index (χ2v) is 6.24. The van der Waals surface area contributed by atoms with E-state index in [-0.39, 0.29) is 24.8 Å². The first kappa shape index (κ1) is 21.3. The Morgan fingerprint density at radius 2 is 1.64 bits per heavy atom. The summed E-state index contributed by atoms with van der Waals surface area (Å²) < 4.78 is 15.9. The third kappa shape index (κ3) is 6.61. The van der Waals surface area contributed by atoms with Crippen LogP contribution in [0.25, 0.3) is 0 Å². The lowest BCUT2D eigenvalue weighted by atomic mass is 10.2. The van der Waals surface area contributed by atoms with Crippen LogP contribution in [0.5, 0.6) is 11.5 Å². The zero-order chi connectivity index (χ0) is 20.4. The summed E-state index contributed by atoms with van der Waals surface area (Å²) >= 11 is 0. The maximum absolute atomic E-state index is 13.0. The molecule has 1 unspecified atom stereocenters. The summed E-state index contributed by atoms with van der Waals surface area (Å²) in [4.78, 5) is 26.3. The molecule has 0 spiro atoms. The predicted molar refractivity (Wildman–Crippen MR) is 106 cm³/mol. The fourth-order valence-electron chi connectivity index (χ4n) is 2.70. The number of rotatable bonds is 10. The Balaban J connectivity index is 2.05. The quantitative estimate of drug-likeness (QED) is 0.586. The van der Waals surface area contributed by atoms with E-state index in [0.717, 1.165) is 5.56 Å². The monoisotopic (exact) mass is 385 g/mol. The Hall–Kier alpha value is -3.02. The first-order valence-electron chi connectivity index (χ1n) is 9.32. The van der Waals surface area contributed by atoms with E-state index in [2.05, 4.69) is 0 Å². The van der Waals surface area contributed by atoms with E-state index in [1.807, 2.05) is 30.3 Å². The summed E-state index contributed by atoms with van der Waals surface area (Å²) in [5.41, 5.74) is 0.983. The molecule has 1 atom stereocenters. The van der Waals surface area contributed by atoms with Crippen molar-refractivity contribution in [3.8, 4) is 11.5 Å². The van der Waals surface area contributed by atoms with Crippen LogP contribution in [-0.4, -0.2) is 43.1 Å². The van der Waals surface area contributed by atoms with E-state index >= 15 is 0 Å². The Bertz CT molecular complexity index is 745. The molecule has 0 N–H and O–H groups in total. The molecule has 150 valence electrons. The molecule has 0 saturated carbocycles. The summed E-state index contributed by atoms with van der Waals surface area (Å²) in [5, 5.41) is 0. The van der Waals surface area contributed by atoms with E-state index in [1.54, 1.807) is 50.1 Å². The molecule has 0 fully saturated rings. The molecule has 0 heterocycles. The SMILES string of the molecule is CCOC(=O)CCN(Cc1ccccc1)C(=O)C(C)Oc1ccc(OC)cc1. The van der Waals surface area contributed by atoms with Gasteiger partial charge in [-0.1, -0.05) is 30.3 Å². The lowest BCUT2D eigenvalue weighted by molar-refractivity contribution is -0.145. The number of hydrogen-bond acceptors (Lipinski definition) is 5. The Kier molecular flexibility index (Phi) is 8.34. The smallest absolute Gasteiger partial charge is 0.307 e. The van der Waals surface area contributed by atoms with Crippen LogP contribution in [0.15, 0.2) is 54.6 Å². The number of carbonyl (C=O) groups is 2. The van der Waals surface area contributed by atoms with Gasteiger partial charge in [-0.2, -0.15) is 0 Å². The standard InChI is InChI=1S/C22H27NO5/c1-4-27-21(24)14-15-23(16-18-8-6-5-7-9-18)22(25)17(2)28-20-12-10-19(26-3)11-13-20/h5-13,17H,4,14-16H2,1-3H3. The molecule has 0 aromatic heterocycles. The van der Waals surface area contributed by atoms with Gasteiger partial charge in [-0.15, -0.1) is 0 Å². The first-order chi connectivity index (χ1) is 13.5. The van der Waals surface area contributed by atoms with Crippen molar-refractivity contribution in [3.05, 3.63) is 60.2 Å². The summed E-state index contributed by atoms with van der Waals surface area (Å²) in [5.74, 6) is 0.777. The van der Waals surface area contributed by atoms with Gasteiger partial charge in [-0.3, -0.25) is 9.59 Å². The lowest BCUT2D eigenvalue weighted by Gasteiger charge is -2.26. The number of nitrogens with zero attached hydrogens (tertiary/aromatic N) is 1. The maximum Gasteiger partial charge on any atom is 0.307 e. The highest BCUT2D eigenvalue weighted by Crippen LogP contribution is 2.19. The molecular weight excluding hydrogens is 358 g/mol. The van der Waals surface area contributed by atoms with Gasteiger partial charge in [-0.25, -0.2) is 0 Å². The minimum atomic E-state index is -0.695. The molecule has 6 heteroatoms. The molecule has 2 rings (SSSR count). The van der Waals surface area contributed by atoms with Gasteiger partial charge in [0.25, 0.3) is 5.91 Å². The largest absolute Gasteiger partial charge is 0.497 e. The zero-order valence-corrected chi connectivity index (χ0v) is 16.6. The van der Waals surface area contributed by atoms with Gasteiger partial charge in [0, 0.05) is 13.1 Å². The van der Waals surface area contributed by atoms with Crippen LogP contribution in [0, 0.1) is 0 Å². The van der Waals surface area contributed by atoms with Crippen molar-refractivity contribution in [3.63, 3.8) is 0 Å². The van der Waals surface area contributed by atoms with Crippen LogP contribution >= 0.6 is 0 Å². The molecule has 1 amide bonds. The van der Waals surface area contributed by atoms with E-state index < -0.39 is 6.10 Å². The number of esters is 1. The van der Waals surface area contributed by atoms with Crippen molar-refractivity contribution in [2.75, 3.05) is 20.3 Å². The highest BCUT2D eigenvalue weighted by Gasteiger charge is 2.23. The minimum Gasteiger partial charge on any atom is -0.497 e. The van der Waals surface area contributed by atoms with Crippen molar-refractivity contribution < 1.29 is 23.8 Å². The van der Waals surface area contributed by atoms with Crippen molar-refractivity contribution in [1.82, 2.24) is 4.90 Å². The van der Waals surface area contributed by atoms with E-state index in [4.69, 9.17) is 14.2 Å². The van der Waals surface area contributed by atoms with E-state index in [1.165, 1.54) is 0 Å². The van der Waals surface area contributed by atoms with Crippen molar-refractivity contribution in [2.24, 2.45) is 0 Å². The topological polar surface area (TPSA) is 65.1 Å².